The number of carbonyl (C=O) groups is 2. The van der Waals surface area contributed by atoms with Crippen molar-refractivity contribution in [2.45, 2.75) is 26.7 Å². The van der Waals surface area contributed by atoms with Gasteiger partial charge in [0.15, 0.2) is 0 Å². The molecule has 0 spiro atoms. The van der Waals surface area contributed by atoms with Gasteiger partial charge >= 0.3 is 5.97 Å². The first kappa shape index (κ1) is 13.6. The largest absolute Gasteiger partial charge is 0.481 e. The van der Waals surface area contributed by atoms with Crippen LogP contribution in [0.4, 0.5) is 0 Å². The van der Waals surface area contributed by atoms with E-state index in [1.54, 1.807) is 4.90 Å². The molecule has 19 heavy (non-hydrogen) atoms. The highest BCUT2D eigenvalue weighted by Gasteiger charge is 2.28. The lowest BCUT2D eigenvalue weighted by atomic mass is 9.97. The van der Waals surface area contributed by atoms with Crippen LogP contribution in [0.2, 0.25) is 0 Å². The zero-order chi connectivity index (χ0) is 14.0. The third kappa shape index (κ3) is 2.95. The molecule has 4 heteroatoms. The zero-order valence-electron chi connectivity index (χ0n) is 11.3. The third-order valence-corrected chi connectivity index (χ3v) is 3.81. The number of piperidine rings is 1. The quantitative estimate of drug-likeness (QED) is 0.888. The molecule has 0 aliphatic carbocycles. The van der Waals surface area contributed by atoms with Crippen molar-refractivity contribution >= 4 is 11.9 Å². The van der Waals surface area contributed by atoms with Gasteiger partial charge in [-0.3, -0.25) is 9.59 Å². The summed E-state index contributed by atoms with van der Waals surface area (Å²) in [5.41, 5.74) is 2.88. The summed E-state index contributed by atoms with van der Waals surface area (Å²) in [6.45, 7) is 4.95. The summed E-state index contributed by atoms with van der Waals surface area (Å²) in [5, 5.41) is 9.05. The van der Waals surface area contributed by atoms with Gasteiger partial charge in [0.25, 0.3) is 5.91 Å². The molecule has 0 radical (unpaired) electrons. The molecule has 1 saturated heterocycles. The van der Waals surface area contributed by atoms with Crippen molar-refractivity contribution < 1.29 is 14.7 Å². The molecular formula is C15H19NO3. The van der Waals surface area contributed by atoms with Crippen molar-refractivity contribution in [1.29, 1.82) is 0 Å². The minimum Gasteiger partial charge on any atom is -0.481 e. The lowest BCUT2D eigenvalue weighted by molar-refractivity contribution is -0.143. The number of nitrogens with zero attached hydrogens (tertiary/aromatic N) is 1. The molecule has 1 unspecified atom stereocenters. The van der Waals surface area contributed by atoms with Gasteiger partial charge in [0.05, 0.1) is 5.92 Å². The lowest BCUT2D eigenvalue weighted by Crippen LogP contribution is -2.42. The second kappa shape index (κ2) is 5.43. The predicted octanol–water partition coefficient (Wildman–Crippen LogP) is 2.24. The van der Waals surface area contributed by atoms with Crippen molar-refractivity contribution in [2.75, 3.05) is 13.1 Å². The Morgan fingerprint density at radius 1 is 1.26 bits per heavy atom. The highest BCUT2D eigenvalue weighted by Crippen LogP contribution is 2.19. The van der Waals surface area contributed by atoms with Gasteiger partial charge in [-0.25, -0.2) is 0 Å². The van der Waals surface area contributed by atoms with Crippen molar-refractivity contribution in [3.8, 4) is 0 Å². The van der Waals surface area contributed by atoms with E-state index < -0.39 is 11.9 Å². The van der Waals surface area contributed by atoms with Gasteiger partial charge in [-0.1, -0.05) is 6.07 Å². The summed E-state index contributed by atoms with van der Waals surface area (Å²) in [5.74, 6) is -1.30. The van der Waals surface area contributed by atoms with E-state index in [1.165, 1.54) is 0 Å². The Kier molecular flexibility index (Phi) is 3.88. The molecule has 1 aromatic carbocycles. The number of hydrogen-bond acceptors (Lipinski definition) is 2. The molecule has 1 heterocycles. The Labute approximate surface area is 113 Å². The molecule has 1 amide bonds. The van der Waals surface area contributed by atoms with Crippen LogP contribution in [0, 0.1) is 19.8 Å². The van der Waals surface area contributed by atoms with E-state index in [2.05, 4.69) is 0 Å². The number of carboxylic acids is 1. The molecule has 0 bridgehead atoms. The van der Waals surface area contributed by atoms with Crippen molar-refractivity contribution in [3.05, 3.63) is 34.9 Å². The number of carboxylic acid groups (broad SMARTS) is 1. The van der Waals surface area contributed by atoms with E-state index in [9.17, 15) is 9.59 Å². The van der Waals surface area contributed by atoms with Gasteiger partial charge in [0.2, 0.25) is 0 Å². The number of benzene rings is 1. The van der Waals surface area contributed by atoms with Crippen LogP contribution in [0.15, 0.2) is 18.2 Å². The third-order valence-electron chi connectivity index (χ3n) is 3.81. The standard InChI is InChI=1S/C15H19NO3/c1-10-5-6-12(8-11(10)2)14(17)16-7-3-4-13(9-16)15(18)19/h5-6,8,13H,3-4,7,9H2,1-2H3,(H,18,19). The number of hydrogen-bond donors (Lipinski definition) is 1. The smallest absolute Gasteiger partial charge is 0.308 e. The lowest BCUT2D eigenvalue weighted by Gasteiger charge is -2.30. The van der Waals surface area contributed by atoms with E-state index in [0.717, 1.165) is 17.5 Å². The molecule has 1 fully saturated rings. The van der Waals surface area contributed by atoms with Crippen LogP contribution in [0.1, 0.15) is 34.3 Å². The number of amides is 1. The molecule has 1 N–H and O–H groups in total. The summed E-state index contributed by atoms with van der Waals surface area (Å²) in [6, 6.07) is 5.62. The molecule has 1 atom stereocenters. The summed E-state index contributed by atoms with van der Waals surface area (Å²) in [4.78, 5) is 25.0. The van der Waals surface area contributed by atoms with Crippen LogP contribution in [0.3, 0.4) is 0 Å². The maximum Gasteiger partial charge on any atom is 0.308 e. The van der Waals surface area contributed by atoms with Crippen LogP contribution in [-0.2, 0) is 4.79 Å². The van der Waals surface area contributed by atoms with Gasteiger partial charge in [-0.15, -0.1) is 0 Å². The average molecular weight is 261 g/mol. The van der Waals surface area contributed by atoms with Crippen molar-refractivity contribution in [1.82, 2.24) is 4.90 Å². The summed E-state index contributed by atoms with van der Waals surface area (Å²) in [7, 11) is 0. The first-order valence-electron chi connectivity index (χ1n) is 6.58. The van der Waals surface area contributed by atoms with Crippen LogP contribution in [-0.4, -0.2) is 35.0 Å². The zero-order valence-corrected chi connectivity index (χ0v) is 11.3. The molecular weight excluding hydrogens is 242 g/mol. The first-order valence-corrected chi connectivity index (χ1v) is 6.58. The van der Waals surface area contributed by atoms with Gasteiger partial charge in [-0.05, 0) is 49.9 Å². The van der Waals surface area contributed by atoms with Crippen LogP contribution in [0.25, 0.3) is 0 Å². The molecule has 0 saturated carbocycles. The monoisotopic (exact) mass is 261 g/mol. The van der Waals surface area contributed by atoms with Gasteiger partial charge in [0, 0.05) is 18.7 Å². The highest BCUT2D eigenvalue weighted by molar-refractivity contribution is 5.94. The Morgan fingerprint density at radius 3 is 2.63 bits per heavy atom. The highest BCUT2D eigenvalue weighted by atomic mass is 16.4. The van der Waals surface area contributed by atoms with E-state index in [0.29, 0.717) is 25.1 Å². The molecule has 1 aromatic rings. The van der Waals surface area contributed by atoms with E-state index in [-0.39, 0.29) is 5.91 Å². The maximum absolute atomic E-state index is 12.4. The first-order chi connectivity index (χ1) is 8.99. The SMILES string of the molecule is Cc1ccc(C(=O)N2CCCC(C(=O)O)C2)cc1C. The Bertz CT molecular complexity index is 510. The second-order valence-corrected chi connectivity index (χ2v) is 5.23. The van der Waals surface area contributed by atoms with Crippen LogP contribution >= 0.6 is 0 Å². The Morgan fingerprint density at radius 2 is 2.00 bits per heavy atom. The number of rotatable bonds is 2. The average Bonchev–Trinajstić information content (AvgIpc) is 2.41. The molecule has 0 aromatic heterocycles. The molecule has 102 valence electrons. The summed E-state index contributed by atoms with van der Waals surface area (Å²) < 4.78 is 0. The second-order valence-electron chi connectivity index (χ2n) is 5.23. The number of aliphatic carboxylic acids is 1. The number of aryl methyl sites for hydroxylation is 2. The summed E-state index contributed by atoms with van der Waals surface area (Å²) >= 11 is 0. The Hall–Kier alpha value is -1.84. The van der Waals surface area contributed by atoms with E-state index >= 15 is 0 Å². The molecule has 2 rings (SSSR count). The van der Waals surface area contributed by atoms with E-state index in [4.69, 9.17) is 5.11 Å². The minimum atomic E-state index is -0.808. The van der Waals surface area contributed by atoms with Gasteiger partial charge < -0.3 is 10.0 Å². The normalized spacial score (nSPS) is 19.3. The fourth-order valence-electron chi connectivity index (χ4n) is 2.42. The van der Waals surface area contributed by atoms with Crippen LogP contribution in [0.5, 0.6) is 0 Å². The van der Waals surface area contributed by atoms with Gasteiger partial charge in [-0.2, -0.15) is 0 Å². The number of carbonyl (C=O) groups excluding carboxylic acids is 1. The van der Waals surface area contributed by atoms with Crippen molar-refractivity contribution in [2.24, 2.45) is 5.92 Å². The fourth-order valence-corrected chi connectivity index (χ4v) is 2.42. The molecule has 1 aliphatic heterocycles. The predicted molar refractivity (Wildman–Crippen MR) is 72.2 cm³/mol. The van der Waals surface area contributed by atoms with Crippen LogP contribution < -0.4 is 0 Å². The number of likely N-dealkylation sites (tertiary alicyclic amines) is 1. The fraction of sp³-hybridized carbons (Fsp3) is 0.467. The minimum absolute atomic E-state index is 0.0611. The van der Waals surface area contributed by atoms with E-state index in [1.807, 2.05) is 32.0 Å². The molecule has 4 nitrogen and oxygen atoms in total. The summed E-state index contributed by atoms with van der Waals surface area (Å²) in [6.07, 6.45) is 1.42. The Balaban J connectivity index is 2.14. The van der Waals surface area contributed by atoms with Gasteiger partial charge in [0.1, 0.15) is 0 Å². The topological polar surface area (TPSA) is 57.6 Å². The molecule has 1 aliphatic rings. The maximum atomic E-state index is 12.4. The van der Waals surface area contributed by atoms with Crippen molar-refractivity contribution in [3.63, 3.8) is 0 Å².